The minimum absolute atomic E-state index is 0.234. The number of aromatic nitrogens is 3. The quantitative estimate of drug-likeness (QED) is 0.788. The van der Waals surface area contributed by atoms with Crippen LogP contribution in [0, 0.1) is 5.92 Å². The van der Waals surface area contributed by atoms with Crippen LogP contribution in [0.15, 0.2) is 53.8 Å². The maximum absolute atomic E-state index is 12.6. The molecule has 1 N–H and O–H groups in total. The molecule has 0 unspecified atom stereocenters. The molecule has 0 bridgehead atoms. The first-order chi connectivity index (χ1) is 11.6. The van der Waals surface area contributed by atoms with Gasteiger partial charge in [0.05, 0.1) is 11.7 Å². The van der Waals surface area contributed by atoms with Crippen molar-refractivity contribution in [2.24, 2.45) is 5.92 Å². The van der Waals surface area contributed by atoms with Crippen molar-refractivity contribution < 1.29 is 8.42 Å². The van der Waals surface area contributed by atoms with Gasteiger partial charge in [0, 0.05) is 30.9 Å². The first-order valence-electron chi connectivity index (χ1n) is 7.96. The van der Waals surface area contributed by atoms with E-state index in [0.29, 0.717) is 19.0 Å². The maximum atomic E-state index is 12.6. The van der Waals surface area contributed by atoms with E-state index in [1.165, 1.54) is 18.0 Å². The smallest absolute Gasteiger partial charge is 0.246 e. The molecule has 1 aliphatic rings. The van der Waals surface area contributed by atoms with Gasteiger partial charge in [-0.1, -0.05) is 18.2 Å². The van der Waals surface area contributed by atoms with E-state index in [0.717, 1.165) is 23.7 Å². The Morgan fingerprint density at radius 2 is 2.17 bits per heavy atom. The molecule has 0 spiro atoms. The molecule has 0 radical (unpaired) electrons. The highest BCUT2D eigenvalue weighted by molar-refractivity contribution is 7.89. The van der Waals surface area contributed by atoms with E-state index >= 15 is 0 Å². The summed E-state index contributed by atoms with van der Waals surface area (Å²) in [5.74, 6) is 0.317. The number of sulfonamides is 1. The van der Waals surface area contributed by atoms with Gasteiger partial charge in [-0.15, -0.1) is 0 Å². The zero-order chi connectivity index (χ0) is 16.6. The Kier molecular flexibility index (Phi) is 3.82. The van der Waals surface area contributed by atoms with Crippen molar-refractivity contribution in [1.82, 2.24) is 19.5 Å². The maximum Gasteiger partial charge on any atom is 0.246 e. The van der Waals surface area contributed by atoms with E-state index in [9.17, 15) is 8.42 Å². The van der Waals surface area contributed by atoms with Gasteiger partial charge in [-0.2, -0.15) is 9.40 Å². The van der Waals surface area contributed by atoms with Crippen LogP contribution in [-0.4, -0.2) is 41.0 Å². The van der Waals surface area contributed by atoms with Crippen LogP contribution in [0.25, 0.3) is 10.9 Å². The average Bonchev–Trinajstić information content (AvgIpc) is 3.28. The Labute approximate surface area is 140 Å². The number of hydrogen-bond acceptors (Lipinski definition) is 4. The molecule has 3 heterocycles. The van der Waals surface area contributed by atoms with Crippen LogP contribution in [-0.2, 0) is 16.4 Å². The molecule has 1 saturated heterocycles. The van der Waals surface area contributed by atoms with E-state index in [1.807, 2.05) is 18.2 Å². The Hall–Kier alpha value is -2.25. The zero-order valence-corrected chi connectivity index (χ0v) is 13.9. The van der Waals surface area contributed by atoms with Gasteiger partial charge in [-0.3, -0.25) is 10.1 Å². The molecule has 3 aromatic rings. The van der Waals surface area contributed by atoms with Crippen LogP contribution in [0.3, 0.4) is 0 Å². The Bertz CT molecular complexity index is 948. The Morgan fingerprint density at radius 1 is 1.25 bits per heavy atom. The monoisotopic (exact) mass is 342 g/mol. The second-order valence-electron chi connectivity index (χ2n) is 6.14. The molecule has 7 heteroatoms. The molecule has 0 aliphatic carbocycles. The van der Waals surface area contributed by atoms with Crippen molar-refractivity contribution in [2.75, 3.05) is 13.1 Å². The summed E-state index contributed by atoms with van der Waals surface area (Å²) in [6, 6.07) is 10.1. The normalized spacial score (nSPS) is 19.1. The molecular weight excluding hydrogens is 324 g/mol. The third kappa shape index (κ3) is 2.70. The first kappa shape index (κ1) is 15.3. The average molecular weight is 342 g/mol. The summed E-state index contributed by atoms with van der Waals surface area (Å²) in [7, 11) is -3.44. The molecular formula is C17H18N4O2S. The van der Waals surface area contributed by atoms with Crippen LogP contribution in [0.5, 0.6) is 0 Å². The molecule has 1 fully saturated rings. The fourth-order valence-electron chi connectivity index (χ4n) is 3.37. The fourth-order valence-corrected chi connectivity index (χ4v) is 4.81. The number of nitrogens with one attached hydrogen (secondary N) is 1. The second kappa shape index (κ2) is 5.99. The minimum atomic E-state index is -3.44. The van der Waals surface area contributed by atoms with Gasteiger partial charge in [0.1, 0.15) is 4.90 Å². The summed E-state index contributed by atoms with van der Waals surface area (Å²) >= 11 is 0. The number of aromatic amines is 1. The lowest BCUT2D eigenvalue weighted by Gasteiger charge is -2.16. The van der Waals surface area contributed by atoms with Crippen molar-refractivity contribution in [3.05, 3.63) is 54.5 Å². The van der Waals surface area contributed by atoms with Gasteiger partial charge < -0.3 is 0 Å². The van der Waals surface area contributed by atoms with Crippen molar-refractivity contribution >= 4 is 20.9 Å². The van der Waals surface area contributed by atoms with Gasteiger partial charge in [-0.05, 0) is 36.5 Å². The third-order valence-corrected chi connectivity index (χ3v) is 6.43. The van der Waals surface area contributed by atoms with Crippen molar-refractivity contribution in [1.29, 1.82) is 0 Å². The third-order valence-electron chi connectivity index (χ3n) is 4.60. The van der Waals surface area contributed by atoms with Crippen LogP contribution in [0.1, 0.15) is 12.0 Å². The zero-order valence-electron chi connectivity index (χ0n) is 13.1. The topological polar surface area (TPSA) is 79.0 Å². The Balaban J connectivity index is 1.53. The number of H-pyrrole nitrogens is 1. The number of benzene rings is 1. The minimum Gasteiger partial charge on any atom is -0.284 e. The summed E-state index contributed by atoms with van der Waals surface area (Å²) < 4.78 is 26.7. The van der Waals surface area contributed by atoms with Crippen molar-refractivity contribution in [3.8, 4) is 0 Å². The molecule has 124 valence electrons. The van der Waals surface area contributed by atoms with Gasteiger partial charge in [0.2, 0.25) is 10.0 Å². The Morgan fingerprint density at radius 3 is 3.00 bits per heavy atom. The highest BCUT2D eigenvalue weighted by Crippen LogP contribution is 2.28. The van der Waals surface area contributed by atoms with Crippen molar-refractivity contribution in [3.63, 3.8) is 0 Å². The molecule has 1 aliphatic heterocycles. The summed E-state index contributed by atoms with van der Waals surface area (Å²) in [5.41, 5.74) is 2.21. The summed E-state index contributed by atoms with van der Waals surface area (Å²) in [6.45, 7) is 1.10. The van der Waals surface area contributed by atoms with Gasteiger partial charge in [0.15, 0.2) is 0 Å². The molecule has 4 rings (SSSR count). The molecule has 0 saturated carbocycles. The second-order valence-corrected chi connectivity index (χ2v) is 8.08. The summed E-state index contributed by atoms with van der Waals surface area (Å²) in [6.07, 6.45) is 6.31. The standard InChI is InChI=1S/C17H18N4O2S/c22-24(23,15-10-19-20-11-15)21-8-6-13(12-21)9-14-3-1-5-17-16(14)4-2-7-18-17/h1-5,7,10-11,13H,6,8-9,12H2,(H,19,20)/t13-/m0/s1. The van der Waals surface area contributed by atoms with E-state index in [1.54, 1.807) is 10.5 Å². The van der Waals surface area contributed by atoms with Gasteiger partial charge in [0.25, 0.3) is 0 Å². The number of hydrogen-bond donors (Lipinski definition) is 1. The lowest BCUT2D eigenvalue weighted by atomic mass is 9.96. The number of pyridine rings is 1. The van der Waals surface area contributed by atoms with Crippen LogP contribution >= 0.6 is 0 Å². The molecule has 24 heavy (non-hydrogen) atoms. The lowest BCUT2D eigenvalue weighted by molar-refractivity contribution is 0.456. The van der Waals surface area contributed by atoms with E-state index < -0.39 is 10.0 Å². The van der Waals surface area contributed by atoms with E-state index in [4.69, 9.17) is 0 Å². The number of fused-ring (bicyclic) bond motifs is 1. The molecule has 1 atom stereocenters. The summed E-state index contributed by atoms with van der Waals surface area (Å²) in [4.78, 5) is 4.62. The fraction of sp³-hybridized carbons (Fsp3) is 0.294. The molecule has 6 nitrogen and oxygen atoms in total. The van der Waals surface area contributed by atoms with Crippen LogP contribution in [0.4, 0.5) is 0 Å². The van der Waals surface area contributed by atoms with Crippen molar-refractivity contribution in [2.45, 2.75) is 17.7 Å². The lowest BCUT2D eigenvalue weighted by Crippen LogP contribution is -2.28. The highest BCUT2D eigenvalue weighted by atomic mass is 32.2. The summed E-state index contributed by atoms with van der Waals surface area (Å²) in [5, 5.41) is 7.46. The first-order valence-corrected chi connectivity index (χ1v) is 9.40. The molecule has 2 aromatic heterocycles. The number of nitrogens with zero attached hydrogens (tertiary/aromatic N) is 3. The van der Waals surface area contributed by atoms with E-state index in [-0.39, 0.29) is 4.90 Å². The van der Waals surface area contributed by atoms with Crippen LogP contribution in [0.2, 0.25) is 0 Å². The highest BCUT2D eigenvalue weighted by Gasteiger charge is 2.33. The van der Waals surface area contributed by atoms with Crippen LogP contribution < -0.4 is 0 Å². The predicted octanol–water partition coefficient (Wildman–Crippen LogP) is 2.21. The molecule has 0 amide bonds. The number of rotatable bonds is 4. The van der Waals surface area contributed by atoms with E-state index in [2.05, 4.69) is 27.3 Å². The molecule has 1 aromatic carbocycles. The largest absolute Gasteiger partial charge is 0.284 e. The van der Waals surface area contributed by atoms with Gasteiger partial charge >= 0.3 is 0 Å². The predicted molar refractivity (Wildman–Crippen MR) is 90.9 cm³/mol. The SMILES string of the molecule is O=S(=O)(c1cn[nH]c1)N1CC[C@@H](Cc2cccc3ncccc23)C1. The van der Waals surface area contributed by atoms with Gasteiger partial charge in [-0.25, -0.2) is 8.42 Å².